The number of carboxylic acid groups (broad SMARTS) is 1. The number of carbonyl (C=O) groups is 2. The Balaban J connectivity index is 2.26. The number of ether oxygens (including phenoxy) is 1. The molecule has 0 aromatic heterocycles. The first-order chi connectivity index (χ1) is 12.2. The zero-order chi connectivity index (χ0) is 19.4. The lowest BCUT2D eigenvalue weighted by molar-refractivity contribution is -0.148. The van der Waals surface area contributed by atoms with Crippen molar-refractivity contribution in [3.63, 3.8) is 0 Å². The van der Waals surface area contributed by atoms with Gasteiger partial charge >= 0.3 is 5.97 Å². The van der Waals surface area contributed by atoms with Crippen LogP contribution >= 0.6 is 31.9 Å². The van der Waals surface area contributed by atoms with Crippen LogP contribution in [-0.2, 0) is 16.0 Å². The Hall–Kier alpha value is -2.06. The standard InChI is InChI=1S/C18H17Br2NO5/c1-10(22)21(2)16(18(24)25)9-11-7-14(19)17(15(20)8-11)26-13-5-3-12(23)4-6-13/h3-8,16,23H,9H2,1-2H3,(H,24,25). The van der Waals surface area contributed by atoms with E-state index in [1.807, 2.05) is 0 Å². The van der Waals surface area contributed by atoms with Crippen molar-refractivity contribution in [2.45, 2.75) is 19.4 Å². The van der Waals surface area contributed by atoms with Crippen LogP contribution in [0.4, 0.5) is 0 Å². The number of amides is 1. The minimum atomic E-state index is -1.07. The van der Waals surface area contributed by atoms with Crippen LogP contribution in [-0.4, -0.2) is 40.1 Å². The van der Waals surface area contributed by atoms with Crippen molar-refractivity contribution in [3.05, 3.63) is 50.9 Å². The van der Waals surface area contributed by atoms with E-state index in [1.165, 1.54) is 31.0 Å². The number of rotatable bonds is 6. The number of hydrogen-bond donors (Lipinski definition) is 2. The molecule has 0 saturated heterocycles. The molecule has 2 aromatic rings. The molecular formula is C18H17Br2NO5. The van der Waals surface area contributed by atoms with Crippen molar-refractivity contribution in [2.75, 3.05) is 7.05 Å². The normalized spacial score (nSPS) is 11.7. The Morgan fingerprint density at radius 2 is 1.69 bits per heavy atom. The molecule has 138 valence electrons. The number of carboxylic acids is 1. The summed E-state index contributed by atoms with van der Waals surface area (Å²) in [5.74, 6) is -0.190. The maximum atomic E-state index is 11.5. The molecule has 0 saturated carbocycles. The van der Waals surface area contributed by atoms with Gasteiger partial charge in [-0.1, -0.05) is 0 Å². The van der Waals surface area contributed by atoms with Crippen LogP contribution in [0.1, 0.15) is 12.5 Å². The zero-order valence-electron chi connectivity index (χ0n) is 14.1. The predicted molar refractivity (Wildman–Crippen MR) is 104 cm³/mol. The maximum Gasteiger partial charge on any atom is 0.326 e. The van der Waals surface area contributed by atoms with Gasteiger partial charge < -0.3 is 19.8 Å². The number of nitrogens with zero attached hydrogens (tertiary/aromatic N) is 1. The van der Waals surface area contributed by atoms with E-state index in [0.717, 1.165) is 5.56 Å². The van der Waals surface area contributed by atoms with Gasteiger partial charge in [0, 0.05) is 20.4 Å². The maximum absolute atomic E-state index is 11.5. The topological polar surface area (TPSA) is 87.1 Å². The number of hydrogen-bond acceptors (Lipinski definition) is 4. The highest BCUT2D eigenvalue weighted by atomic mass is 79.9. The molecule has 1 atom stereocenters. The average Bonchev–Trinajstić information content (AvgIpc) is 2.56. The second-order valence-corrected chi connectivity index (χ2v) is 7.38. The Morgan fingerprint density at radius 3 is 2.15 bits per heavy atom. The number of aromatic hydroxyl groups is 1. The molecule has 2 rings (SSSR count). The lowest BCUT2D eigenvalue weighted by atomic mass is 10.0. The van der Waals surface area contributed by atoms with Gasteiger partial charge in [0.05, 0.1) is 8.95 Å². The fourth-order valence-corrected chi connectivity index (χ4v) is 3.74. The molecule has 0 radical (unpaired) electrons. The molecule has 0 aliphatic carbocycles. The fourth-order valence-electron chi connectivity index (χ4n) is 2.29. The highest BCUT2D eigenvalue weighted by molar-refractivity contribution is 9.11. The summed E-state index contributed by atoms with van der Waals surface area (Å²) in [6.45, 7) is 1.33. The smallest absolute Gasteiger partial charge is 0.326 e. The van der Waals surface area contributed by atoms with Gasteiger partial charge in [-0.2, -0.15) is 0 Å². The molecule has 1 unspecified atom stereocenters. The van der Waals surface area contributed by atoms with Crippen LogP contribution in [0.25, 0.3) is 0 Å². The summed E-state index contributed by atoms with van der Waals surface area (Å²) in [6, 6.07) is 8.83. The molecule has 8 heteroatoms. The molecule has 0 heterocycles. The van der Waals surface area contributed by atoms with Crippen LogP contribution in [0.2, 0.25) is 0 Å². The number of phenols is 1. The van der Waals surface area contributed by atoms with Gasteiger partial charge in [-0.3, -0.25) is 4.79 Å². The van der Waals surface area contributed by atoms with Crippen LogP contribution in [0.3, 0.4) is 0 Å². The second kappa shape index (κ2) is 8.55. The van der Waals surface area contributed by atoms with E-state index in [-0.39, 0.29) is 18.1 Å². The Morgan fingerprint density at radius 1 is 1.15 bits per heavy atom. The summed E-state index contributed by atoms with van der Waals surface area (Å²) in [5, 5.41) is 18.7. The first-order valence-corrected chi connectivity index (χ1v) is 9.18. The number of halogens is 2. The van der Waals surface area contributed by atoms with Crippen LogP contribution in [0.15, 0.2) is 45.3 Å². The molecule has 0 aliphatic rings. The first-order valence-electron chi connectivity index (χ1n) is 7.60. The molecule has 0 fully saturated rings. The lowest BCUT2D eigenvalue weighted by Crippen LogP contribution is -2.42. The SMILES string of the molecule is CC(=O)N(C)C(Cc1cc(Br)c(Oc2ccc(O)cc2)c(Br)c1)C(=O)O. The van der Waals surface area contributed by atoms with Crippen molar-refractivity contribution in [1.82, 2.24) is 4.90 Å². The minimum Gasteiger partial charge on any atom is -0.508 e. The van der Waals surface area contributed by atoms with Gasteiger partial charge in [-0.25, -0.2) is 4.79 Å². The number of carbonyl (C=O) groups excluding carboxylic acids is 1. The molecule has 0 bridgehead atoms. The highest BCUT2D eigenvalue weighted by Crippen LogP contribution is 2.38. The van der Waals surface area contributed by atoms with Crippen molar-refractivity contribution in [3.8, 4) is 17.2 Å². The van der Waals surface area contributed by atoms with Crippen molar-refractivity contribution >= 4 is 43.7 Å². The third kappa shape index (κ3) is 4.98. The Bertz CT molecular complexity index is 800. The molecule has 2 N–H and O–H groups in total. The van der Waals surface area contributed by atoms with Gasteiger partial charge in [-0.05, 0) is 73.8 Å². The van der Waals surface area contributed by atoms with E-state index in [9.17, 15) is 19.8 Å². The summed E-state index contributed by atoms with van der Waals surface area (Å²) >= 11 is 6.86. The molecule has 6 nitrogen and oxygen atoms in total. The lowest BCUT2D eigenvalue weighted by Gasteiger charge is -2.24. The van der Waals surface area contributed by atoms with E-state index in [2.05, 4.69) is 31.9 Å². The average molecular weight is 487 g/mol. The minimum absolute atomic E-state index is 0.139. The number of aliphatic carboxylic acids is 1. The van der Waals surface area contributed by atoms with E-state index < -0.39 is 12.0 Å². The number of phenolic OH excluding ortho intramolecular Hbond substituents is 1. The summed E-state index contributed by atoms with van der Waals surface area (Å²) in [6.07, 6.45) is 0.155. The third-order valence-corrected chi connectivity index (χ3v) is 4.97. The van der Waals surface area contributed by atoms with Crippen molar-refractivity contribution in [1.29, 1.82) is 0 Å². The van der Waals surface area contributed by atoms with Gasteiger partial charge in [0.1, 0.15) is 17.5 Å². The fraction of sp³-hybridized carbons (Fsp3) is 0.222. The van der Waals surface area contributed by atoms with E-state index in [0.29, 0.717) is 20.4 Å². The van der Waals surface area contributed by atoms with Crippen molar-refractivity contribution in [2.24, 2.45) is 0 Å². The van der Waals surface area contributed by atoms with Gasteiger partial charge in [0.2, 0.25) is 5.91 Å². The predicted octanol–water partition coefficient (Wildman–Crippen LogP) is 4.18. The van der Waals surface area contributed by atoms with Gasteiger partial charge in [-0.15, -0.1) is 0 Å². The third-order valence-electron chi connectivity index (χ3n) is 3.79. The first kappa shape index (κ1) is 20.3. The molecular weight excluding hydrogens is 470 g/mol. The quantitative estimate of drug-likeness (QED) is 0.639. The van der Waals surface area contributed by atoms with Gasteiger partial charge in [0.15, 0.2) is 5.75 Å². The molecule has 2 aromatic carbocycles. The highest BCUT2D eigenvalue weighted by Gasteiger charge is 2.25. The summed E-state index contributed by atoms with van der Waals surface area (Å²) < 4.78 is 7.06. The number of benzene rings is 2. The zero-order valence-corrected chi connectivity index (χ0v) is 17.2. The largest absolute Gasteiger partial charge is 0.508 e. The Labute approximate surface area is 167 Å². The summed E-state index contributed by atoms with van der Waals surface area (Å²) in [4.78, 5) is 24.2. The van der Waals surface area contributed by atoms with Gasteiger partial charge in [0.25, 0.3) is 0 Å². The summed E-state index contributed by atoms with van der Waals surface area (Å²) in [5.41, 5.74) is 0.724. The Kier molecular flexibility index (Phi) is 6.66. The molecule has 0 spiro atoms. The molecule has 26 heavy (non-hydrogen) atoms. The molecule has 1 amide bonds. The van der Waals surface area contributed by atoms with Crippen LogP contribution < -0.4 is 4.74 Å². The summed E-state index contributed by atoms with van der Waals surface area (Å²) in [7, 11) is 1.47. The monoisotopic (exact) mass is 485 g/mol. The molecule has 0 aliphatic heterocycles. The second-order valence-electron chi connectivity index (χ2n) is 5.67. The van der Waals surface area contributed by atoms with E-state index in [4.69, 9.17) is 4.74 Å². The van der Waals surface area contributed by atoms with Crippen LogP contribution in [0, 0.1) is 0 Å². The van der Waals surface area contributed by atoms with E-state index in [1.54, 1.807) is 24.3 Å². The van der Waals surface area contributed by atoms with Crippen molar-refractivity contribution < 1.29 is 24.5 Å². The van der Waals surface area contributed by atoms with Crippen LogP contribution in [0.5, 0.6) is 17.2 Å². The van der Waals surface area contributed by atoms with E-state index >= 15 is 0 Å². The number of likely N-dealkylation sites (N-methyl/N-ethyl adjacent to an activating group) is 1.